The van der Waals surface area contributed by atoms with Crippen LogP contribution in [0.15, 0.2) is 48.1 Å². The van der Waals surface area contributed by atoms with Gasteiger partial charge in [-0.2, -0.15) is 0 Å². The Bertz CT molecular complexity index is 783. The van der Waals surface area contributed by atoms with E-state index in [2.05, 4.69) is 27.0 Å². The molecule has 0 bridgehead atoms. The number of rotatable bonds is 4. The van der Waals surface area contributed by atoms with Gasteiger partial charge < -0.3 is 4.90 Å². The molecule has 1 amide bonds. The van der Waals surface area contributed by atoms with E-state index in [1.165, 1.54) is 4.88 Å². The van der Waals surface area contributed by atoms with Crippen LogP contribution in [-0.2, 0) is 6.54 Å². The summed E-state index contributed by atoms with van der Waals surface area (Å²) in [5, 5.41) is 13.1. The zero-order chi connectivity index (χ0) is 15.6. The minimum atomic E-state index is 0.101. The van der Waals surface area contributed by atoms with Crippen LogP contribution in [0.5, 0.6) is 0 Å². The molecule has 0 saturated carbocycles. The number of tetrazole rings is 1. The maximum absolute atomic E-state index is 12.7. The third kappa shape index (κ3) is 2.75. The van der Waals surface area contributed by atoms with Gasteiger partial charge >= 0.3 is 0 Å². The predicted molar refractivity (Wildman–Crippen MR) is 86.1 cm³/mol. The van der Waals surface area contributed by atoms with E-state index in [-0.39, 0.29) is 11.9 Å². The summed E-state index contributed by atoms with van der Waals surface area (Å²) in [6.07, 6.45) is 2.62. The van der Waals surface area contributed by atoms with E-state index in [1.54, 1.807) is 22.3 Å². The molecular weight excluding hydrogens is 310 g/mol. The van der Waals surface area contributed by atoms with Crippen molar-refractivity contribution < 1.29 is 4.79 Å². The summed E-state index contributed by atoms with van der Waals surface area (Å²) in [7, 11) is 0. The van der Waals surface area contributed by atoms with Gasteiger partial charge in [-0.3, -0.25) is 4.79 Å². The van der Waals surface area contributed by atoms with E-state index < -0.39 is 0 Å². The fourth-order valence-corrected chi connectivity index (χ4v) is 3.64. The average Bonchev–Trinajstić information content (AvgIpc) is 3.21. The quantitative estimate of drug-likeness (QED) is 0.739. The van der Waals surface area contributed by atoms with Gasteiger partial charge in [0, 0.05) is 17.0 Å². The van der Waals surface area contributed by atoms with E-state index in [0.717, 1.165) is 24.1 Å². The Morgan fingerprint density at radius 3 is 2.74 bits per heavy atom. The van der Waals surface area contributed by atoms with Gasteiger partial charge in [0.1, 0.15) is 6.33 Å². The molecule has 0 radical (unpaired) electrons. The molecule has 4 rings (SSSR count). The lowest BCUT2D eigenvalue weighted by Gasteiger charge is -2.40. The summed E-state index contributed by atoms with van der Waals surface area (Å²) < 4.78 is 1.65. The van der Waals surface area contributed by atoms with Crippen molar-refractivity contribution in [2.45, 2.75) is 19.0 Å². The Morgan fingerprint density at radius 2 is 2.13 bits per heavy atom. The first-order valence-electron chi connectivity index (χ1n) is 7.45. The van der Waals surface area contributed by atoms with Gasteiger partial charge in [-0.05, 0) is 46.0 Å². The maximum atomic E-state index is 12.7. The number of hydrogen-bond acceptors (Lipinski definition) is 5. The smallest absolute Gasteiger partial charge is 0.254 e. The normalized spacial score (nSPS) is 17.0. The lowest BCUT2D eigenvalue weighted by molar-refractivity contribution is 0.0468. The maximum Gasteiger partial charge on any atom is 0.254 e. The zero-order valence-corrected chi connectivity index (χ0v) is 13.2. The van der Waals surface area contributed by atoms with Crippen molar-refractivity contribution in [1.29, 1.82) is 0 Å². The number of carbonyl (C=O) groups is 1. The van der Waals surface area contributed by atoms with Gasteiger partial charge in [-0.1, -0.05) is 18.2 Å². The van der Waals surface area contributed by atoms with Crippen LogP contribution in [0.4, 0.5) is 0 Å². The molecule has 2 aromatic heterocycles. The van der Waals surface area contributed by atoms with Crippen LogP contribution in [0.25, 0.3) is 0 Å². The number of carbonyl (C=O) groups excluding carboxylic acids is 1. The molecule has 1 fully saturated rings. The van der Waals surface area contributed by atoms with Crippen molar-refractivity contribution in [3.63, 3.8) is 0 Å². The van der Waals surface area contributed by atoms with Crippen molar-refractivity contribution in [2.24, 2.45) is 0 Å². The number of thiophene rings is 1. The lowest BCUT2D eigenvalue weighted by atomic mass is 9.99. The van der Waals surface area contributed by atoms with Crippen LogP contribution < -0.4 is 0 Å². The second kappa shape index (κ2) is 5.92. The zero-order valence-electron chi connectivity index (χ0n) is 12.4. The molecule has 0 N–H and O–H groups in total. The van der Waals surface area contributed by atoms with Crippen molar-refractivity contribution >= 4 is 17.2 Å². The predicted octanol–water partition coefficient (Wildman–Crippen LogP) is 2.37. The summed E-state index contributed by atoms with van der Waals surface area (Å²) in [6, 6.07) is 12.0. The van der Waals surface area contributed by atoms with Crippen molar-refractivity contribution in [3.05, 3.63) is 64.1 Å². The highest BCUT2D eigenvalue weighted by Crippen LogP contribution is 2.36. The highest BCUT2D eigenvalue weighted by Gasteiger charge is 2.34. The van der Waals surface area contributed by atoms with Gasteiger partial charge in [0.05, 0.1) is 12.6 Å². The van der Waals surface area contributed by atoms with Crippen molar-refractivity contribution in [3.8, 4) is 0 Å². The molecule has 116 valence electrons. The van der Waals surface area contributed by atoms with E-state index in [9.17, 15) is 4.79 Å². The highest BCUT2D eigenvalue weighted by molar-refractivity contribution is 7.10. The third-order valence-electron chi connectivity index (χ3n) is 4.09. The van der Waals surface area contributed by atoms with Crippen LogP contribution >= 0.6 is 11.3 Å². The molecule has 7 heteroatoms. The van der Waals surface area contributed by atoms with Gasteiger partial charge in [0.25, 0.3) is 5.91 Å². The van der Waals surface area contributed by atoms with Crippen LogP contribution in [0, 0.1) is 0 Å². The number of nitrogens with zero attached hydrogens (tertiary/aromatic N) is 5. The fourth-order valence-electron chi connectivity index (χ4n) is 2.77. The summed E-state index contributed by atoms with van der Waals surface area (Å²) in [5.41, 5.74) is 1.79. The largest absolute Gasteiger partial charge is 0.331 e. The first-order chi connectivity index (χ1) is 11.3. The van der Waals surface area contributed by atoms with E-state index >= 15 is 0 Å². The number of aromatic nitrogens is 4. The Morgan fingerprint density at radius 1 is 1.26 bits per heavy atom. The first-order valence-corrected chi connectivity index (χ1v) is 8.33. The fraction of sp³-hybridized carbons (Fsp3) is 0.250. The summed E-state index contributed by atoms with van der Waals surface area (Å²) in [6.45, 7) is 1.43. The van der Waals surface area contributed by atoms with Gasteiger partial charge in [0.15, 0.2) is 0 Å². The molecule has 1 aliphatic rings. The molecule has 1 aromatic carbocycles. The van der Waals surface area contributed by atoms with Crippen LogP contribution in [-0.4, -0.2) is 37.6 Å². The molecule has 3 heterocycles. The standard InChI is InChI=1S/C16H15N5OS/c22-16(21-8-7-14(21)15-2-1-9-23-15)13-5-3-12(4-6-13)10-20-11-17-18-19-20/h1-6,9,11,14H,7-8,10H2/t14-/m1/s1. The Kier molecular flexibility index (Phi) is 3.63. The van der Waals surface area contributed by atoms with Crippen molar-refractivity contribution in [1.82, 2.24) is 25.1 Å². The van der Waals surface area contributed by atoms with Crippen LogP contribution in [0.3, 0.4) is 0 Å². The Hall–Kier alpha value is -2.54. The molecular formula is C16H15N5OS. The minimum absolute atomic E-state index is 0.101. The topological polar surface area (TPSA) is 63.9 Å². The molecule has 3 aromatic rings. The molecule has 23 heavy (non-hydrogen) atoms. The Balaban J connectivity index is 1.46. The highest BCUT2D eigenvalue weighted by atomic mass is 32.1. The molecule has 1 aliphatic heterocycles. The molecule has 0 unspecified atom stereocenters. The molecule has 1 saturated heterocycles. The molecule has 0 aliphatic carbocycles. The second-order valence-corrected chi connectivity index (χ2v) is 6.50. The SMILES string of the molecule is O=C(c1ccc(Cn2cnnn2)cc1)N1CC[C@@H]1c1cccs1. The number of likely N-dealkylation sites (tertiary alicyclic amines) is 1. The molecule has 6 nitrogen and oxygen atoms in total. The number of benzene rings is 1. The van der Waals surface area contributed by atoms with E-state index in [4.69, 9.17) is 0 Å². The first kappa shape index (κ1) is 14.1. The number of amides is 1. The summed E-state index contributed by atoms with van der Waals surface area (Å²) in [5.74, 6) is 0.101. The second-order valence-electron chi connectivity index (χ2n) is 5.52. The van der Waals surface area contributed by atoms with E-state index in [1.807, 2.05) is 35.2 Å². The van der Waals surface area contributed by atoms with Crippen molar-refractivity contribution in [2.75, 3.05) is 6.54 Å². The average molecular weight is 325 g/mol. The Labute approximate surface area is 137 Å². The van der Waals surface area contributed by atoms with Gasteiger partial charge in [-0.15, -0.1) is 16.4 Å². The van der Waals surface area contributed by atoms with E-state index in [0.29, 0.717) is 6.54 Å². The third-order valence-corrected chi connectivity index (χ3v) is 5.06. The van der Waals surface area contributed by atoms with Gasteiger partial charge in [-0.25, -0.2) is 4.68 Å². The van der Waals surface area contributed by atoms with Crippen LogP contribution in [0.1, 0.15) is 33.3 Å². The lowest BCUT2D eigenvalue weighted by Crippen LogP contribution is -2.44. The summed E-state index contributed by atoms with van der Waals surface area (Å²) in [4.78, 5) is 15.9. The monoisotopic (exact) mass is 325 g/mol. The van der Waals surface area contributed by atoms with Gasteiger partial charge in [0.2, 0.25) is 0 Å². The molecule has 0 spiro atoms. The molecule has 1 atom stereocenters. The minimum Gasteiger partial charge on any atom is -0.331 e. The number of hydrogen-bond donors (Lipinski definition) is 0. The van der Waals surface area contributed by atoms with Crippen LogP contribution in [0.2, 0.25) is 0 Å². The summed E-state index contributed by atoms with van der Waals surface area (Å²) >= 11 is 1.71.